The normalized spacial score (nSPS) is 16.3. The number of ether oxygens (including phenoxy) is 4. The van der Waals surface area contributed by atoms with E-state index in [0.717, 1.165) is 66.5 Å². The molecule has 37 heavy (non-hydrogen) atoms. The molecule has 2 aliphatic heterocycles. The third-order valence-corrected chi connectivity index (χ3v) is 7.71. The summed E-state index contributed by atoms with van der Waals surface area (Å²) in [6, 6.07) is 14.4. The second-order valence-corrected chi connectivity index (χ2v) is 9.96. The molecule has 0 unspecified atom stereocenters. The summed E-state index contributed by atoms with van der Waals surface area (Å²) in [4.78, 5) is 19.9. The van der Waals surface area contributed by atoms with Crippen molar-refractivity contribution in [2.24, 2.45) is 0 Å². The number of pyridine rings is 1. The average Bonchev–Trinajstić information content (AvgIpc) is 3.45. The van der Waals surface area contributed by atoms with Gasteiger partial charge in [-0.1, -0.05) is 12.1 Å². The van der Waals surface area contributed by atoms with Crippen LogP contribution in [0.15, 0.2) is 41.8 Å². The molecule has 5 rings (SSSR count). The standard InChI is InChI=1S/C28H29N3O5S/c1-33-28(32)22-8-15-37-26(22)18-36-27-24(17-29)23(19-6-11-34-12-7-19)16-25(30-27)20-2-4-21(5-3-20)31-9-13-35-14-10-31/h2-5,8,15-16,19H,6-7,9-14,18H2,1H3. The number of anilines is 1. The lowest BCUT2D eigenvalue weighted by atomic mass is 9.88. The zero-order chi connectivity index (χ0) is 25.6. The average molecular weight is 520 g/mol. The van der Waals surface area contributed by atoms with Gasteiger partial charge in [0.25, 0.3) is 0 Å². The number of morpholine rings is 1. The van der Waals surface area contributed by atoms with E-state index in [1.165, 1.54) is 18.4 Å². The van der Waals surface area contributed by atoms with Crippen LogP contribution in [-0.2, 0) is 20.8 Å². The Kier molecular flexibility index (Phi) is 7.99. The van der Waals surface area contributed by atoms with Crippen molar-refractivity contribution < 1.29 is 23.7 Å². The van der Waals surface area contributed by atoms with E-state index in [-0.39, 0.29) is 18.4 Å². The first-order valence-corrected chi connectivity index (χ1v) is 13.3. The third-order valence-electron chi connectivity index (χ3n) is 6.82. The number of methoxy groups -OCH3 is 1. The fourth-order valence-electron chi connectivity index (χ4n) is 4.78. The predicted molar refractivity (Wildman–Crippen MR) is 140 cm³/mol. The number of hydrogen-bond acceptors (Lipinski definition) is 9. The topological polar surface area (TPSA) is 93.9 Å². The molecule has 2 aromatic heterocycles. The lowest BCUT2D eigenvalue weighted by Crippen LogP contribution is -2.36. The van der Waals surface area contributed by atoms with Gasteiger partial charge in [-0.25, -0.2) is 9.78 Å². The van der Waals surface area contributed by atoms with E-state index < -0.39 is 5.97 Å². The minimum absolute atomic E-state index is 0.121. The summed E-state index contributed by atoms with van der Waals surface area (Å²) in [5.41, 5.74) is 4.69. The SMILES string of the molecule is COC(=O)c1ccsc1COc1nc(-c2ccc(N3CCOCC3)cc2)cc(C2CCOCC2)c1C#N. The molecule has 4 heterocycles. The lowest BCUT2D eigenvalue weighted by Gasteiger charge is -2.29. The van der Waals surface area contributed by atoms with Crippen molar-refractivity contribution in [1.29, 1.82) is 5.26 Å². The van der Waals surface area contributed by atoms with E-state index in [1.54, 1.807) is 6.07 Å². The Bertz CT molecular complexity index is 1270. The molecule has 0 radical (unpaired) electrons. The quantitative estimate of drug-likeness (QED) is 0.412. The minimum Gasteiger partial charge on any atom is -0.471 e. The van der Waals surface area contributed by atoms with E-state index in [0.29, 0.717) is 24.3 Å². The number of carbonyl (C=O) groups is 1. The van der Waals surface area contributed by atoms with Crippen LogP contribution < -0.4 is 9.64 Å². The molecule has 2 aliphatic rings. The zero-order valence-corrected chi connectivity index (χ0v) is 21.6. The van der Waals surface area contributed by atoms with Crippen LogP contribution in [0.3, 0.4) is 0 Å². The Labute approximate surface area is 220 Å². The maximum Gasteiger partial charge on any atom is 0.339 e. The fourth-order valence-corrected chi connectivity index (χ4v) is 5.55. The minimum atomic E-state index is -0.412. The second kappa shape index (κ2) is 11.7. The van der Waals surface area contributed by atoms with Gasteiger partial charge in [-0.15, -0.1) is 11.3 Å². The van der Waals surface area contributed by atoms with Gasteiger partial charge < -0.3 is 23.8 Å². The third kappa shape index (κ3) is 5.62. The van der Waals surface area contributed by atoms with Gasteiger partial charge in [0.1, 0.15) is 18.2 Å². The van der Waals surface area contributed by atoms with Gasteiger partial charge in [-0.3, -0.25) is 0 Å². The highest BCUT2D eigenvalue weighted by Crippen LogP contribution is 2.36. The number of benzene rings is 1. The first kappa shape index (κ1) is 25.2. The molecule has 2 fully saturated rings. The molecule has 1 aromatic carbocycles. The summed E-state index contributed by atoms with van der Waals surface area (Å²) < 4.78 is 22.1. The Morgan fingerprint density at radius 2 is 1.86 bits per heavy atom. The van der Waals surface area contributed by atoms with Crippen LogP contribution in [-0.4, -0.2) is 57.6 Å². The molecule has 8 nitrogen and oxygen atoms in total. The van der Waals surface area contributed by atoms with Crippen LogP contribution in [0.2, 0.25) is 0 Å². The first-order chi connectivity index (χ1) is 18.2. The Balaban J connectivity index is 1.48. The Morgan fingerprint density at radius 3 is 2.57 bits per heavy atom. The van der Waals surface area contributed by atoms with Gasteiger partial charge in [-0.05, 0) is 54.0 Å². The molecule has 2 saturated heterocycles. The lowest BCUT2D eigenvalue weighted by molar-refractivity contribution is 0.0598. The monoisotopic (exact) mass is 519 g/mol. The van der Waals surface area contributed by atoms with Crippen LogP contribution >= 0.6 is 11.3 Å². The summed E-state index contributed by atoms with van der Waals surface area (Å²) >= 11 is 1.41. The molecule has 0 spiro atoms. The van der Waals surface area contributed by atoms with Gasteiger partial charge in [0, 0.05) is 37.6 Å². The van der Waals surface area contributed by atoms with E-state index >= 15 is 0 Å². The van der Waals surface area contributed by atoms with Crippen molar-refractivity contribution in [3.63, 3.8) is 0 Å². The number of carbonyl (C=O) groups excluding carboxylic acids is 1. The number of hydrogen-bond donors (Lipinski definition) is 0. The van der Waals surface area contributed by atoms with Gasteiger partial charge in [0.2, 0.25) is 5.88 Å². The molecule has 0 aliphatic carbocycles. The van der Waals surface area contributed by atoms with Gasteiger partial charge >= 0.3 is 5.97 Å². The van der Waals surface area contributed by atoms with Crippen LogP contribution in [0, 0.1) is 11.3 Å². The summed E-state index contributed by atoms with van der Waals surface area (Å²) in [5.74, 6) is 0.0563. The van der Waals surface area contributed by atoms with E-state index in [4.69, 9.17) is 23.9 Å². The second-order valence-electron chi connectivity index (χ2n) is 8.96. The molecule has 3 aromatic rings. The smallest absolute Gasteiger partial charge is 0.339 e. The van der Waals surface area contributed by atoms with Crippen molar-refractivity contribution in [2.45, 2.75) is 25.4 Å². The van der Waals surface area contributed by atoms with Gasteiger partial charge in [0.15, 0.2) is 0 Å². The zero-order valence-electron chi connectivity index (χ0n) is 20.8. The van der Waals surface area contributed by atoms with Crippen molar-refractivity contribution in [1.82, 2.24) is 4.98 Å². The summed E-state index contributed by atoms with van der Waals surface area (Å²) in [6.45, 7) is 4.65. The molecule has 9 heteroatoms. The van der Waals surface area contributed by atoms with Gasteiger partial charge in [-0.2, -0.15) is 5.26 Å². The number of nitriles is 1. The molecule has 0 saturated carbocycles. The Hall–Kier alpha value is -3.45. The molecule has 0 atom stereocenters. The van der Waals surface area contributed by atoms with Crippen molar-refractivity contribution in [3.05, 3.63) is 63.3 Å². The molecule has 0 amide bonds. The molecule has 0 N–H and O–H groups in total. The maximum absolute atomic E-state index is 12.1. The summed E-state index contributed by atoms with van der Waals surface area (Å²) in [5, 5.41) is 11.9. The highest BCUT2D eigenvalue weighted by Gasteiger charge is 2.25. The summed E-state index contributed by atoms with van der Waals surface area (Å²) in [6.07, 6.45) is 1.68. The van der Waals surface area contributed by atoms with E-state index in [9.17, 15) is 10.1 Å². The highest BCUT2D eigenvalue weighted by atomic mass is 32.1. The number of esters is 1. The van der Waals surface area contributed by atoms with E-state index in [2.05, 4.69) is 35.2 Å². The summed E-state index contributed by atoms with van der Waals surface area (Å²) in [7, 11) is 1.36. The Morgan fingerprint density at radius 1 is 1.14 bits per heavy atom. The number of aromatic nitrogens is 1. The number of thiophene rings is 1. The van der Waals surface area contributed by atoms with Crippen LogP contribution in [0.4, 0.5) is 5.69 Å². The van der Waals surface area contributed by atoms with Crippen molar-refractivity contribution in [3.8, 4) is 23.2 Å². The maximum atomic E-state index is 12.1. The number of nitrogens with zero attached hydrogens (tertiary/aromatic N) is 3. The van der Waals surface area contributed by atoms with Gasteiger partial charge in [0.05, 0.1) is 36.5 Å². The molecule has 0 bridgehead atoms. The van der Waals surface area contributed by atoms with Crippen LogP contribution in [0.5, 0.6) is 5.88 Å². The van der Waals surface area contributed by atoms with Crippen molar-refractivity contribution in [2.75, 3.05) is 51.5 Å². The largest absolute Gasteiger partial charge is 0.471 e. The molecular formula is C28H29N3O5S. The number of rotatable bonds is 7. The molecule has 192 valence electrons. The van der Waals surface area contributed by atoms with Crippen LogP contribution in [0.1, 0.15) is 45.1 Å². The predicted octanol–water partition coefficient (Wildman–Crippen LogP) is 4.78. The fraction of sp³-hybridized carbons (Fsp3) is 0.393. The van der Waals surface area contributed by atoms with Crippen LogP contribution in [0.25, 0.3) is 11.3 Å². The van der Waals surface area contributed by atoms with Crippen molar-refractivity contribution >= 4 is 23.0 Å². The van der Waals surface area contributed by atoms with E-state index in [1.807, 2.05) is 11.4 Å². The first-order valence-electron chi connectivity index (χ1n) is 12.4. The molecular weight excluding hydrogens is 490 g/mol. The highest BCUT2D eigenvalue weighted by molar-refractivity contribution is 7.10.